The van der Waals surface area contributed by atoms with Gasteiger partial charge in [0.25, 0.3) is 0 Å². The van der Waals surface area contributed by atoms with E-state index in [9.17, 15) is 4.79 Å². The van der Waals surface area contributed by atoms with Crippen LogP contribution in [0.4, 0.5) is 0 Å². The molecule has 1 rings (SSSR count). The molecule has 106 valence electrons. The Balaban J connectivity index is 1.95. The quantitative estimate of drug-likeness (QED) is 0.581. The third-order valence-electron chi connectivity index (χ3n) is 3.44. The molecule has 1 amide bonds. The lowest BCUT2D eigenvalue weighted by molar-refractivity contribution is -0.118. The maximum Gasteiger partial charge on any atom is 0.230 e. The van der Waals surface area contributed by atoms with Crippen LogP contribution in [0, 0.1) is 5.92 Å². The number of carbonyl (C=O) groups is 1. The van der Waals surface area contributed by atoms with Crippen LogP contribution in [-0.4, -0.2) is 54.5 Å². The van der Waals surface area contributed by atoms with Gasteiger partial charge in [-0.1, -0.05) is 13.8 Å². The molecule has 1 atom stereocenters. The molecular weight excluding hydrogens is 246 g/mol. The van der Waals surface area contributed by atoms with Crippen LogP contribution in [0.15, 0.2) is 0 Å². The standard InChI is InChI=1S/C13H27N3OS/c1-3-16(4-2)7-8-18-10-13(17)15-9-12(14)11-5-6-11/h11-12H,3-10,14H2,1-2H3,(H,15,17). The number of carbonyl (C=O) groups excluding carboxylic acids is 1. The Morgan fingerprint density at radius 1 is 1.44 bits per heavy atom. The van der Waals surface area contributed by atoms with Crippen molar-refractivity contribution < 1.29 is 4.79 Å². The maximum atomic E-state index is 11.6. The Bertz CT molecular complexity index is 242. The molecular formula is C13H27N3OS. The molecule has 1 unspecified atom stereocenters. The molecule has 1 aliphatic rings. The van der Waals surface area contributed by atoms with Gasteiger partial charge in [-0.05, 0) is 31.8 Å². The Morgan fingerprint density at radius 3 is 2.67 bits per heavy atom. The SMILES string of the molecule is CCN(CC)CCSCC(=O)NCC(N)C1CC1. The molecule has 0 aromatic carbocycles. The first-order chi connectivity index (χ1) is 8.67. The van der Waals surface area contributed by atoms with Crippen LogP contribution in [0.2, 0.25) is 0 Å². The summed E-state index contributed by atoms with van der Waals surface area (Å²) in [5.41, 5.74) is 5.93. The summed E-state index contributed by atoms with van der Waals surface area (Å²) in [7, 11) is 0. The molecule has 0 saturated heterocycles. The molecule has 18 heavy (non-hydrogen) atoms. The van der Waals surface area contributed by atoms with Gasteiger partial charge in [0.2, 0.25) is 5.91 Å². The molecule has 0 radical (unpaired) electrons. The van der Waals surface area contributed by atoms with Crippen LogP contribution in [0.3, 0.4) is 0 Å². The predicted molar refractivity (Wildman–Crippen MR) is 78.8 cm³/mol. The van der Waals surface area contributed by atoms with Crippen LogP contribution in [0.1, 0.15) is 26.7 Å². The van der Waals surface area contributed by atoms with E-state index in [-0.39, 0.29) is 11.9 Å². The normalized spacial score (nSPS) is 16.9. The molecule has 3 N–H and O–H groups in total. The summed E-state index contributed by atoms with van der Waals surface area (Å²) < 4.78 is 0. The van der Waals surface area contributed by atoms with E-state index in [0.717, 1.165) is 25.4 Å². The fourth-order valence-corrected chi connectivity index (χ4v) is 2.69. The number of thioether (sulfide) groups is 1. The van der Waals surface area contributed by atoms with Crippen molar-refractivity contribution in [1.82, 2.24) is 10.2 Å². The third-order valence-corrected chi connectivity index (χ3v) is 4.38. The first-order valence-corrected chi connectivity index (χ1v) is 8.15. The lowest BCUT2D eigenvalue weighted by Crippen LogP contribution is -2.39. The second kappa shape index (κ2) is 8.77. The van der Waals surface area contributed by atoms with Crippen LogP contribution in [0.5, 0.6) is 0 Å². The van der Waals surface area contributed by atoms with Gasteiger partial charge in [-0.15, -0.1) is 0 Å². The van der Waals surface area contributed by atoms with Gasteiger partial charge in [0.15, 0.2) is 0 Å². The van der Waals surface area contributed by atoms with E-state index in [1.807, 2.05) is 0 Å². The highest BCUT2D eigenvalue weighted by Gasteiger charge is 2.28. The number of nitrogens with two attached hydrogens (primary N) is 1. The summed E-state index contributed by atoms with van der Waals surface area (Å²) in [6.45, 7) is 8.20. The van der Waals surface area contributed by atoms with Gasteiger partial charge < -0.3 is 16.0 Å². The summed E-state index contributed by atoms with van der Waals surface area (Å²) >= 11 is 1.70. The zero-order chi connectivity index (χ0) is 13.4. The van der Waals surface area contributed by atoms with E-state index in [1.54, 1.807) is 11.8 Å². The third kappa shape index (κ3) is 6.61. The van der Waals surface area contributed by atoms with Crippen molar-refractivity contribution in [3.8, 4) is 0 Å². The van der Waals surface area contributed by atoms with E-state index in [4.69, 9.17) is 5.73 Å². The van der Waals surface area contributed by atoms with Gasteiger partial charge >= 0.3 is 0 Å². The molecule has 1 saturated carbocycles. The molecule has 0 aromatic rings. The summed E-state index contributed by atoms with van der Waals surface area (Å²) in [4.78, 5) is 13.9. The molecule has 1 fully saturated rings. The van der Waals surface area contributed by atoms with Crippen molar-refractivity contribution in [2.75, 3.05) is 37.7 Å². The average Bonchev–Trinajstić information content (AvgIpc) is 3.20. The first kappa shape index (κ1) is 15.8. The zero-order valence-electron chi connectivity index (χ0n) is 11.7. The van der Waals surface area contributed by atoms with Crippen molar-refractivity contribution in [2.45, 2.75) is 32.7 Å². The smallest absolute Gasteiger partial charge is 0.230 e. The van der Waals surface area contributed by atoms with Crippen LogP contribution < -0.4 is 11.1 Å². The van der Waals surface area contributed by atoms with Crippen molar-refractivity contribution >= 4 is 17.7 Å². The molecule has 0 aromatic heterocycles. The van der Waals surface area contributed by atoms with Gasteiger partial charge in [0.1, 0.15) is 0 Å². The summed E-state index contributed by atoms with van der Waals surface area (Å²) in [6, 6.07) is 0.162. The molecule has 0 heterocycles. The van der Waals surface area contributed by atoms with E-state index in [0.29, 0.717) is 18.2 Å². The molecule has 1 aliphatic carbocycles. The first-order valence-electron chi connectivity index (χ1n) is 6.99. The average molecular weight is 273 g/mol. The summed E-state index contributed by atoms with van der Waals surface area (Å²) in [5.74, 6) is 2.35. The van der Waals surface area contributed by atoms with Crippen LogP contribution in [-0.2, 0) is 4.79 Å². The minimum absolute atomic E-state index is 0.121. The lowest BCUT2D eigenvalue weighted by Gasteiger charge is -2.17. The number of hydrogen-bond donors (Lipinski definition) is 2. The number of amides is 1. The van der Waals surface area contributed by atoms with E-state index < -0.39 is 0 Å². The number of nitrogens with one attached hydrogen (secondary N) is 1. The fraction of sp³-hybridized carbons (Fsp3) is 0.923. The summed E-state index contributed by atoms with van der Waals surface area (Å²) in [5, 5.41) is 2.92. The van der Waals surface area contributed by atoms with E-state index >= 15 is 0 Å². The number of nitrogens with zero attached hydrogens (tertiary/aromatic N) is 1. The minimum atomic E-state index is 0.121. The Hall–Kier alpha value is -0.260. The molecule has 0 aliphatic heterocycles. The van der Waals surface area contributed by atoms with Crippen LogP contribution >= 0.6 is 11.8 Å². The summed E-state index contributed by atoms with van der Waals surface area (Å²) in [6.07, 6.45) is 2.46. The fourth-order valence-electron chi connectivity index (χ4n) is 1.87. The van der Waals surface area contributed by atoms with Crippen molar-refractivity contribution in [3.63, 3.8) is 0 Å². The molecule has 4 nitrogen and oxygen atoms in total. The van der Waals surface area contributed by atoms with Gasteiger partial charge in [-0.25, -0.2) is 0 Å². The highest BCUT2D eigenvalue weighted by Crippen LogP contribution is 2.31. The highest BCUT2D eigenvalue weighted by atomic mass is 32.2. The van der Waals surface area contributed by atoms with Gasteiger partial charge in [0, 0.05) is 24.9 Å². The van der Waals surface area contributed by atoms with Crippen molar-refractivity contribution in [3.05, 3.63) is 0 Å². The topological polar surface area (TPSA) is 58.4 Å². The van der Waals surface area contributed by atoms with E-state index in [1.165, 1.54) is 12.8 Å². The van der Waals surface area contributed by atoms with Crippen molar-refractivity contribution in [1.29, 1.82) is 0 Å². The second-order valence-electron chi connectivity index (χ2n) is 4.88. The Labute approximate surface area is 115 Å². The van der Waals surface area contributed by atoms with E-state index in [2.05, 4.69) is 24.1 Å². The second-order valence-corrected chi connectivity index (χ2v) is 5.99. The largest absolute Gasteiger partial charge is 0.354 e. The molecule has 5 heteroatoms. The maximum absolute atomic E-state index is 11.6. The monoisotopic (exact) mass is 273 g/mol. The van der Waals surface area contributed by atoms with Gasteiger partial charge in [-0.2, -0.15) is 11.8 Å². The predicted octanol–water partition coefficient (Wildman–Crippen LogP) is 0.915. The lowest BCUT2D eigenvalue weighted by atomic mass is 10.2. The number of hydrogen-bond acceptors (Lipinski definition) is 4. The van der Waals surface area contributed by atoms with Gasteiger partial charge in [-0.3, -0.25) is 4.79 Å². The Kier molecular flexibility index (Phi) is 7.70. The minimum Gasteiger partial charge on any atom is -0.354 e. The highest BCUT2D eigenvalue weighted by molar-refractivity contribution is 7.99. The van der Waals surface area contributed by atoms with Crippen molar-refractivity contribution in [2.24, 2.45) is 11.7 Å². The molecule has 0 bridgehead atoms. The number of rotatable bonds is 10. The zero-order valence-corrected chi connectivity index (χ0v) is 12.5. The Morgan fingerprint density at radius 2 is 2.11 bits per heavy atom. The van der Waals surface area contributed by atoms with Gasteiger partial charge in [0.05, 0.1) is 5.75 Å². The molecule has 0 spiro atoms. The van der Waals surface area contributed by atoms with Crippen LogP contribution in [0.25, 0.3) is 0 Å².